The van der Waals surface area contributed by atoms with E-state index < -0.39 is 0 Å². The van der Waals surface area contributed by atoms with Crippen LogP contribution in [0.4, 0.5) is 0 Å². The Morgan fingerprint density at radius 3 is 2.64 bits per heavy atom. The van der Waals surface area contributed by atoms with Gasteiger partial charge < -0.3 is 9.51 Å². The summed E-state index contributed by atoms with van der Waals surface area (Å²) >= 11 is 0. The topological polar surface area (TPSA) is 54.7 Å². The SMILES string of the molecule is CC(C)(C)c1noc(-c2ccc[nH]2)n1. The number of H-pyrrole nitrogens is 1. The predicted octanol–water partition coefficient (Wildman–Crippen LogP) is 2.36. The van der Waals surface area contributed by atoms with E-state index in [2.05, 4.69) is 35.9 Å². The lowest BCUT2D eigenvalue weighted by atomic mass is 9.96. The van der Waals surface area contributed by atoms with Crippen LogP contribution in [0, 0.1) is 0 Å². The molecule has 4 nitrogen and oxygen atoms in total. The van der Waals surface area contributed by atoms with Gasteiger partial charge in [0, 0.05) is 11.6 Å². The third-order valence-electron chi connectivity index (χ3n) is 1.93. The van der Waals surface area contributed by atoms with Crippen molar-refractivity contribution in [3.63, 3.8) is 0 Å². The van der Waals surface area contributed by atoms with E-state index in [1.165, 1.54) is 0 Å². The van der Waals surface area contributed by atoms with Gasteiger partial charge in [0.2, 0.25) is 0 Å². The van der Waals surface area contributed by atoms with Gasteiger partial charge in [-0.05, 0) is 12.1 Å². The van der Waals surface area contributed by atoms with E-state index in [0.29, 0.717) is 5.89 Å². The van der Waals surface area contributed by atoms with Crippen LogP contribution < -0.4 is 0 Å². The fourth-order valence-corrected chi connectivity index (χ4v) is 1.10. The highest BCUT2D eigenvalue weighted by Crippen LogP contribution is 2.22. The van der Waals surface area contributed by atoms with Crippen molar-refractivity contribution in [2.24, 2.45) is 0 Å². The van der Waals surface area contributed by atoms with Crippen LogP contribution in [0.5, 0.6) is 0 Å². The molecule has 74 valence electrons. The Morgan fingerprint density at radius 1 is 1.36 bits per heavy atom. The third kappa shape index (κ3) is 1.55. The average molecular weight is 191 g/mol. The van der Waals surface area contributed by atoms with E-state index in [1.807, 2.05) is 18.3 Å². The summed E-state index contributed by atoms with van der Waals surface area (Å²) in [6.07, 6.45) is 1.83. The molecule has 0 bridgehead atoms. The van der Waals surface area contributed by atoms with Crippen molar-refractivity contribution in [1.82, 2.24) is 15.1 Å². The van der Waals surface area contributed by atoms with Gasteiger partial charge in [0.15, 0.2) is 5.82 Å². The molecule has 0 aromatic carbocycles. The van der Waals surface area contributed by atoms with Gasteiger partial charge in [-0.25, -0.2) is 0 Å². The molecule has 0 aliphatic heterocycles. The van der Waals surface area contributed by atoms with Crippen LogP contribution in [0.15, 0.2) is 22.9 Å². The van der Waals surface area contributed by atoms with E-state index in [1.54, 1.807) is 0 Å². The summed E-state index contributed by atoms with van der Waals surface area (Å²) in [7, 11) is 0. The highest BCUT2D eigenvalue weighted by Gasteiger charge is 2.21. The molecule has 0 aliphatic carbocycles. The zero-order chi connectivity index (χ0) is 10.2. The van der Waals surface area contributed by atoms with Crippen LogP contribution in [-0.2, 0) is 5.41 Å². The lowest BCUT2D eigenvalue weighted by Crippen LogP contribution is -2.13. The lowest BCUT2D eigenvalue weighted by Gasteiger charge is -2.10. The lowest BCUT2D eigenvalue weighted by molar-refractivity contribution is 0.401. The number of rotatable bonds is 1. The van der Waals surface area contributed by atoms with Crippen molar-refractivity contribution in [2.45, 2.75) is 26.2 Å². The van der Waals surface area contributed by atoms with Gasteiger partial charge in [0.1, 0.15) is 5.69 Å². The second-order valence-corrected chi connectivity index (χ2v) is 4.26. The van der Waals surface area contributed by atoms with Gasteiger partial charge >= 0.3 is 0 Å². The smallest absolute Gasteiger partial charge is 0.274 e. The van der Waals surface area contributed by atoms with Crippen LogP contribution in [0.2, 0.25) is 0 Å². The molecule has 0 atom stereocenters. The van der Waals surface area contributed by atoms with Crippen molar-refractivity contribution in [3.05, 3.63) is 24.2 Å². The number of aromatic nitrogens is 3. The maximum atomic E-state index is 5.14. The second kappa shape index (κ2) is 2.97. The third-order valence-corrected chi connectivity index (χ3v) is 1.93. The first-order chi connectivity index (χ1) is 6.57. The van der Waals surface area contributed by atoms with E-state index in [4.69, 9.17) is 4.52 Å². The maximum Gasteiger partial charge on any atom is 0.274 e. The molecule has 0 unspecified atom stereocenters. The van der Waals surface area contributed by atoms with Gasteiger partial charge in [-0.15, -0.1) is 0 Å². The number of hydrogen-bond donors (Lipinski definition) is 1. The molecule has 0 fully saturated rings. The van der Waals surface area contributed by atoms with Crippen LogP contribution in [0.3, 0.4) is 0 Å². The molecule has 1 N–H and O–H groups in total. The average Bonchev–Trinajstić information content (AvgIpc) is 2.73. The summed E-state index contributed by atoms with van der Waals surface area (Å²) in [6, 6.07) is 3.80. The second-order valence-electron chi connectivity index (χ2n) is 4.26. The van der Waals surface area contributed by atoms with Gasteiger partial charge in [-0.3, -0.25) is 0 Å². The summed E-state index contributed by atoms with van der Waals surface area (Å²) in [5.41, 5.74) is 0.780. The van der Waals surface area contributed by atoms with E-state index in [9.17, 15) is 0 Å². The highest BCUT2D eigenvalue weighted by molar-refractivity contribution is 5.46. The number of hydrogen-bond acceptors (Lipinski definition) is 3. The minimum Gasteiger partial charge on any atom is -0.357 e. The van der Waals surface area contributed by atoms with Crippen molar-refractivity contribution in [3.8, 4) is 11.6 Å². The van der Waals surface area contributed by atoms with Gasteiger partial charge in [-0.2, -0.15) is 4.98 Å². The molecule has 2 aromatic rings. The minimum atomic E-state index is -0.0751. The molecule has 2 rings (SSSR count). The first-order valence-electron chi connectivity index (χ1n) is 4.55. The van der Waals surface area contributed by atoms with Gasteiger partial charge in [0.25, 0.3) is 5.89 Å². The molecule has 0 spiro atoms. The highest BCUT2D eigenvalue weighted by atomic mass is 16.5. The van der Waals surface area contributed by atoms with E-state index in [-0.39, 0.29) is 5.41 Å². The standard InChI is InChI=1S/C10H13N3O/c1-10(2,3)9-12-8(14-13-9)7-5-4-6-11-7/h4-6,11H,1-3H3. The van der Waals surface area contributed by atoms with Crippen LogP contribution >= 0.6 is 0 Å². The van der Waals surface area contributed by atoms with Crippen molar-refractivity contribution in [2.75, 3.05) is 0 Å². The normalized spacial score (nSPS) is 11.9. The Kier molecular flexibility index (Phi) is 1.91. The number of nitrogens with zero attached hydrogens (tertiary/aromatic N) is 2. The van der Waals surface area contributed by atoms with Crippen LogP contribution in [0.25, 0.3) is 11.6 Å². The van der Waals surface area contributed by atoms with E-state index >= 15 is 0 Å². The van der Waals surface area contributed by atoms with Crippen LogP contribution in [0.1, 0.15) is 26.6 Å². The first kappa shape index (κ1) is 8.99. The Labute approximate surface area is 82.3 Å². The van der Waals surface area contributed by atoms with Crippen molar-refractivity contribution < 1.29 is 4.52 Å². The molecule has 0 saturated carbocycles. The number of aromatic amines is 1. The Morgan fingerprint density at radius 2 is 2.14 bits per heavy atom. The molecule has 0 amide bonds. The molecular formula is C10H13N3O. The summed E-state index contributed by atoms with van der Waals surface area (Å²) in [5.74, 6) is 1.27. The Hall–Kier alpha value is -1.58. The summed E-state index contributed by atoms with van der Waals surface area (Å²) in [5, 5.41) is 3.94. The maximum absolute atomic E-state index is 5.14. The van der Waals surface area contributed by atoms with E-state index in [0.717, 1.165) is 11.5 Å². The molecular weight excluding hydrogens is 178 g/mol. The molecule has 14 heavy (non-hydrogen) atoms. The molecule has 4 heteroatoms. The molecule has 0 aliphatic rings. The monoisotopic (exact) mass is 191 g/mol. The van der Waals surface area contributed by atoms with Gasteiger partial charge in [-0.1, -0.05) is 25.9 Å². The fraction of sp³-hybridized carbons (Fsp3) is 0.400. The Balaban J connectivity index is 2.36. The summed E-state index contributed by atoms with van der Waals surface area (Å²) in [4.78, 5) is 7.34. The zero-order valence-electron chi connectivity index (χ0n) is 8.53. The van der Waals surface area contributed by atoms with Crippen molar-refractivity contribution >= 4 is 0 Å². The quantitative estimate of drug-likeness (QED) is 0.752. The molecule has 0 radical (unpaired) electrons. The van der Waals surface area contributed by atoms with Gasteiger partial charge in [0.05, 0.1) is 0 Å². The van der Waals surface area contributed by atoms with Crippen LogP contribution in [-0.4, -0.2) is 15.1 Å². The Bertz CT molecular complexity index is 409. The molecule has 2 heterocycles. The van der Waals surface area contributed by atoms with Crippen molar-refractivity contribution in [1.29, 1.82) is 0 Å². The molecule has 0 saturated heterocycles. The number of nitrogens with one attached hydrogen (secondary N) is 1. The minimum absolute atomic E-state index is 0.0751. The summed E-state index contributed by atoms with van der Waals surface area (Å²) < 4.78 is 5.14. The predicted molar refractivity (Wildman–Crippen MR) is 52.8 cm³/mol. The fourth-order valence-electron chi connectivity index (χ4n) is 1.10. The zero-order valence-corrected chi connectivity index (χ0v) is 8.53. The largest absolute Gasteiger partial charge is 0.357 e. The summed E-state index contributed by atoms with van der Waals surface area (Å²) in [6.45, 7) is 6.16. The first-order valence-corrected chi connectivity index (χ1v) is 4.55. The molecule has 2 aromatic heterocycles.